The number of hydrogen-bond acceptors (Lipinski definition) is 2. The van der Waals surface area contributed by atoms with Crippen LogP contribution in [0, 0.1) is 17.8 Å². The standard InChI is InChI=1S/C15H27NO/c1-12(2)7-15(10-16-9-13(3)4)8-14-5-6-17-11-14/h5-6,11-13,15-16H,7-10H2,1-4H3. The molecule has 1 rings (SSSR count). The highest BCUT2D eigenvalue weighted by Crippen LogP contribution is 2.17. The SMILES string of the molecule is CC(C)CNCC(Cc1ccoc1)CC(C)C. The van der Waals surface area contributed by atoms with Gasteiger partial charge in [-0.1, -0.05) is 27.7 Å². The van der Waals surface area contributed by atoms with Crippen LogP contribution >= 0.6 is 0 Å². The fourth-order valence-electron chi connectivity index (χ4n) is 2.22. The van der Waals surface area contributed by atoms with Crippen molar-refractivity contribution in [3.05, 3.63) is 24.2 Å². The van der Waals surface area contributed by atoms with E-state index in [1.165, 1.54) is 12.0 Å². The summed E-state index contributed by atoms with van der Waals surface area (Å²) in [6.45, 7) is 11.3. The van der Waals surface area contributed by atoms with Crippen molar-refractivity contribution in [1.82, 2.24) is 5.32 Å². The third kappa shape index (κ3) is 6.52. The lowest BCUT2D eigenvalue weighted by atomic mass is 9.91. The van der Waals surface area contributed by atoms with Gasteiger partial charge < -0.3 is 9.73 Å². The van der Waals surface area contributed by atoms with Crippen molar-refractivity contribution in [2.24, 2.45) is 17.8 Å². The minimum atomic E-state index is 0.714. The van der Waals surface area contributed by atoms with Crippen molar-refractivity contribution in [3.63, 3.8) is 0 Å². The second-order valence-corrected chi connectivity index (χ2v) is 5.88. The third-order valence-corrected chi connectivity index (χ3v) is 2.89. The van der Waals surface area contributed by atoms with Crippen molar-refractivity contribution in [2.75, 3.05) is 13.1 Å². The summed E-state index contributed by atoms with van der Waals surface area (Å²) in [7, 11) is 0. The molecule has 1 N–H and O–H groups in total. The van der Waals surface area contributed by atoms with Gasteiger partial charge in [0.25, 0.3) is 0 Å². The molecule has 0 aromatic carbocycles. The van der Waals surface area contributed by atoms with Gasteiger partial charge in [-0.15, -0.1) is 0 Å². The lowest BCUT2D eigenvalue weighted by molar-refractivity contribution is 0.375. The largest absolute Gasteiger partial charge is 0.472 e. The summed E-state index contributed by atoms with van der Waals surface area (Å²) in [6, 6.07) is 2.08. The van der Waals surface area contributed by atoms with Crippen LogP contribution in [0.5, 0.6) is 0 Å². The molecule has 0 saturated heterocycles. The molecule has 0 fully saturated rings. The average molecular weight is 237 g/mol. The van der Waals surface area contributed by atoms with Crippen LogP contribution in [0.1, 0.15) is 39.7 Å². The molecule has 0 spiro atoms. The van der Waals surface area contributed by atoms with Crippen molar-refractivity contribution in [2.45, 2.75) is 40.5 Å². The maximum Gasteiger partial charge on any atom is 0.0934 e. The Labute approximate surface area is 106 Å². The monoisotopic (exact) mass is 237 g/mol. The molecule has 0 aliphatic carbocycles. The van der Waals surface area contributed by atoms with Gasteiger partial charge in [0.15, 0.2) is 0 Å². The average Bonchev–Trinajstić information content (AvgIpc) is 2.68. The smallest absolute Gasteiger partial charge is 0.0934 e. The number of rotatable bonds is 8. The van der Waals surface area contributed by atoms with Gasteiger partial charge >= 0.3 is 0 Å². The molecule has 0 amide bonds. The normalized spacial score (nSPS) is 13.5. The van der Waals surface area contributed by atoms with Gasteiger partial charge in [-0.2, -0.15) is 0 Å². The molecule has 1 aromatic rings. The minimum Gasteiger partial charge on any atom is -0.472 e. The molecule has 2 nitrogen and oxygen atoms in total. The zero-order valence-corrected chi connectivity index (χ0v) is 11.7. The quantitative estimate of drug-likeness (QED) is 0.745. The van der Waals surface area contributed by atoms with Gasteiger partial charge in [0, 0.05) is 0 Å². The van der Waals surface area contributed by atoms with Gasteiger partial charge in [0.1, 0.15) is 0 Å². The number of nitrogens with one attached hydrogen (secondary N) is 1. The van der Waals surface area contributed by atoms with Crippen LogP contribution in [0.25, 0.3) is 0 Å². The molecule has 0 bridgehead atoms. The van der Waals surface area contributed by atoms with Crippen molar-refractivity contribution >= 4 is 0 Å². The highest BCUT2D eigenvalue weighted by atomic mass is 16.3. The van der Waals surface area contributed by atoms with E-state index in [-0.39, 0.29) is 0 Å². The molecule has 1 atom stereocenters. The first kappa shape index (κ1) is 14.3. The van der Waals surface area contributed by atoms with Crippen LogP contribution in [-0.2, 0) is 6.42 Å². The predicted molar refractivity (Wildman–Crippen MR) is 73.1 cm³/mol. The fourth-order valence-corrected chi connectivity index (χ4v) is 2.22. The Hall–Kier alpha value is -0.760. The molecule has 0 aliphatic rings. The molecule has 1 aromatic heterocycles. The van der Waals surface area contributed by atoms with Crippen LogP contribution in [0.3, 0.4) is 0 Å². The Morgan fingerprint density at radius 2 is 1.88 bits per heavy atom. The van der Waals surface area contributed by atoms with Gasteiger partial charge in [-0.25, -0.2) is 0 Å². The van der Waals surface area contributed by atoms with Crippen LogP contribution in [0.2, 0.25) is 0 Å². The molecular formula is C15H27NO. The van der Waals surface area contributed by atoms with E-state index in [2.05, 4.69) is 39.1 Å². The summed E-state index contributed by atoms with van der Waals surface area (Å²) in [6.07, 6.45) is 6.04. The van der Waals surface area contributed by atoms with Gasteiger partial charge in [-0.05, 0) is 55.3 Å². The highest BCUT2D eigenvalue weighted by molar-refractivity contribution is 5.06. The topological polar surface area (TPSA) is 25.2 Å². The lowest BCUT2D eigenvalue weighted by Crippen LogP contribution is -2.28. The third-order valence-electron chi connectivity index (χ3n) is 2.89. The van der Waals surface area contributed by atoms with E-state index in [0.717, 1.165) is 31.3 Å². The molecule has 17 heavy (non-hydrogen) atoms. The first-order chi connectivity index (χ1) is 8.08. The number of hydrogen-bond donors (Lipinski definition) is 1. The summed E-state index contributed by atoms with van der Waals surface area (Å²) in [4.78, 5) is 0. The molecule has 0 saturated carbocycles. The Morgan fingerprint density at radius 3 is 2.41 bits per heavy atom. The minimum absolute atomic E-state index is 0.714. The second-order valence-electron chi connectivity index (χ2n) is 5.88. The van der Waals surface area contributed by atoms with Gasteiger partial charge in [0.2, 0.25) is 0 Å². The molecule has 98 valence electrons. The van der Waals surface area contributed by atoms with Crippen LogP contribution in [0.4, 0.5) is 0 Å². The molecular weight excluding hydrogens is 210 g/mol. The second kappa shape index (κ2) is 7.54. The van der Waals surface area contributed by atoms with E-state index in [9.17, 15) is 0 Å². The fraction of sp³-hybridized carbons (Fsp3) is 0.733. The summed E-state index contributed by atoms with van der Waals surface area (Å²) in [5.74, 6) is 2.20. The van der Waals surface area contributed by atoms with E-state index in [1.807, 2.05) is 6.26 Å². The van der Waals surface area contributed by atoms with Crippen molar-refractivity contribution in [3.8, 4) is 0 Å². The van der Waals surface area contributed by atoms with E-state index < -0.39 is 0 Å². The summed E-state index contributed by atoms with van der Waals surface area (Å²) in [5, 5.41) is 3.57. The molecule has 1 heterocycles. The van der Waals surface area contributed by atoms with Crippen LogP contribution < -0.4 is 5.32 Å². The van der Waals surface area contributed by atoms with Crippen molar-refractivity contribution < 1.29 is 4.42 Å². The molecule has 0 radical (unpaired) electrons. The Bertz CT molecular complexity index is 277. The summed E-state index contributed by atoms with van der Waals surface area (Å²) >= 11 is 0. The summed E-state index contributed by atoms with van der Waals surface area (Å²) in [5.41, 5.74) is 1.32. The van der Waals surface area contributed by atoms with Crippen LogP contribution in [0.15, 0.2) is 23.0 Å². The van der Waals surface area contributed by atoms with Crippen LogP contribution in [-0.4, -0.2) is 13.1 Å². The number of furan rings is 1. The predicted octanol–water partition coefficient (Wildman–Crippen LogP) is 3.73. The van der Waals surface area contributed by atoms with Gasteiger partial charge in [-0.3, -0.25) is 0 Å². The molecule has 0 aliphatic heterocycles. The zero-order valence-electron chi connectivity index (χ0n) is 11.7. The maximum absolute atomic E-state index is 5.14. The molecule has 1 unspecified atom stereocenters. The first-order valence-corrected chi connectivity index (χ1v) is 6.79. The van der Waals surface area contributed by atoms with E-state index in [1.54, 1.807) is 6.26 Å². The van der Waals surface area contributed by atoms with E-state index >= 15 is 0 Å². The van der Waals surface area contributed by atoms with Crippen molar-refractivity contribution in [1.29, 1.82) is 0 Å². The zero-order chi connectivity index (χ0) is 12.7. The Morgan fingerprint density at radius 1 is 1.12 bits per heavy atom. The summed E-state index contributed by atoms with van der Waals surface area (Å²) < 4.78 is 5.14. The Kier molecular flexibility index (Phi) is 6.35. The highest BCUT2D eigenvalue weighted by Gasteiger charge is 2.12. The van der Waals surface area contributed by atoms with E-state index in [0.29, 0.717) is 5.92 Å². The molecule has 2 heteroatoms. The Balaban J connectivity index is 2.37. The maximum atomic E-state index is 5.14. The van der Waals surface area contributed by atoms with Gasteiger partial charge in [0.05, 0.1) is 12.5 Å². The first-order valence-electron chi connectivity index (χ1n) is 6.79. The van der Waals surface area contributed by atoms with E-state index in [4.69, 9.17) is 4.42 Å². The lowest BCUT2D eigenvalue weighted by Gasteiger charge is -2.19.